The van der Waals surface area contributed by atoms with Crippen molar-refractivity contribution in [3.8, 4) is 5.75 Å². The second-order valence-electron chi connectivity index (χ2n) is 6.89. The molecular formula is C17H23NO2. The van der Waals surface area contributed by atoms with Crippen LogP contribution < -0.4 is 10.5 Å². The van der Waals surface area contributed by atoms with Crippen LogP contribution in [-0.4, -0.2) is 18.3 Å². The second kappa shape index (κ2) is 4.47. The molecule has 3 N–H and O–H groups in total. The van der Waals surface area contributed by atoms with E-state index in [0.29, 0.717) is 12.5 Å². The minimum Gasteiger partial charge on any atom is -0.493 e. The lowest BCUT2D eigenvalue weighted by Gasteiger charge is -2.41. The maximum absolute atomic E-state index is 11.0. The third-order valence-electron chi connectivity index (χ3n) is 5.98. The van der Waals surface area contributed by atoms with E-state index in [1.165, 1.54) is 24.8 Å². The second-order valence-corrected chi connectivity index (χ2v) is 6.89. The summed E-state index contributed by atoms with van der Waals surface area (Å²) in [7, 11) is 0. The van der Waals surface area contributed by atoms with Crippen molar-refractivity contribution in [2.45, 2.75) is 38.2 Å². The molecule has 1 heterocycles. The average molecular weight is 273 g/mol. The quantitative estimate of drug-likeness (QED) is 0.889. The monoisotopic (exact) mass is 273 g/mol. The highest BCUT2D eigenvalue weighted by atomic mass is 16.5. The summed E-state index contributed by atoms with van der Waals surface area (Å²) in [5.74, 6) is 2.38. The fraction of sp³-hybridized carbons (Fsp3) is 0.647. The smallest absolute Gasteiger partial charge is 0.122 e. The first kappa shape index (κ1) is 12.7. The molecule has 4 unspecified atom stereocenters. The fourth-order valence-electron chi connectivity index (χ4n) is 4.89. The number of aliphatic hydroxyl groups is 1. The van der Waals surface area contributed by atoms with E-state index in [1.807, 2.05) is 12.1 Å². The molecule has 0 saturated heterocycles. The Morgan fingerprint density at radius 1 is 1.40 bits per heavy atom. The molecule has 2 aliphatic carbocycles. The van der Waals surface area contributed by atoms with E-state index < -0.39 is 6.10 Å². The van der Waals surface area contributed by atoms with E-state index >= 15 is 0 Å². The van der Waals surface area contributed by atoms with Crippen LogP contribution in [0, 0.1) is 17.3 Å². The molecule has 2 saturated carbocycles. The van der Waals surface area contributed by atoms with Crippen LogP contribution in [0.4, 0.5) is 0 Å². The molecule has 0 amide bonds. The molecule has 0 aromatic heterocycles. The highest BCUT2D eigenvalue weighted by molar-refractivity contribution is 5.41. The van der Waals surface area contributed by atoms with Crippen LogP contribution in [0.5, 0.6) is 5.75 Å². The molecule has 3 heteroatoms. The van der Waals surface area contributed by atoms with Gasteiger partial charge in [-0.1, -0.05) is 12.5 Å². The Bertz CT molecular complexity index is 530. The van der Waals surface area contributed by atoms with Gasteiger partial charge in [-0.15, -0.1) is 0 Å². The van der Waals surface area contributed by atoms with Crippen molar-refractivity contribution in [1.82, 2.24) is 0 Å². The first-order chi connectivity index (χ1) is 9.73. The van der Waals surface area contributed by atoms with Crippen molar-refractivity contribution < 1.29 is 9.84 Å². The minimum atomic E-state index is -0.423. The molecule has 108 valence electrons. The van der Waals surface area contributed by atoms with Crippen molar-refractivity contribution in [2.75, 3.05) is 13.2 Å². The van der Waals surface area contributed by atoms with Crippen LogP contribution in [0.25, 0.3) is 0 Å². The third kappa shape index (κ3) is 1.66. The summed E-state index contributed by atoms with van der Waals surface area (Å²) >= 11 is 0. The predicted octanol–water partition coefficient (Wildman–Crippen LogP) is 2.42. The summed E-state index contributed by atoms with van der Waals surface area (Å²) in [4.78, 5) is 0. The summed E-state index contributed by atoms with van der Waals surface area (Å²) in [5.41, 5.74) is 8.30. The number of aliphatic hydroxyl groups excluding tert-OH is 1. The molecular weight excluding hydrogens is 250 g/mol. The number of nitrogens with two attached hydrogens (primary N) is 1. The molecule has 0 radical (unpaired) electrons. The molecule has 1 aliphatic heterocycles. The topological polar surface area (TPSA) is 55.5 Å². The van der Waals surface area contributed by atoms with Gasteiger partial charge in [-0.25, -0.2) is 0 Å². The van der Waals surface area contributed by atoms with E-state index in [0.717, 1.165) is 36.7 Å². The van der Waals surface area contributed by atoms with Crippen molar-refractivity contribution >= 4 is 0 Å². The van der Waals surface area contributed by atoms with E-state index in [-0.39, 0.29) is 5.41 Å². The SMILES string of the molecule is NCC1(C(O)c2ccc3c(c2)CCO3)CC2CCC1C2. The standard InChI is InChI=1S/C17H23NO2/c18-10-17(9-11-1-3-14(17)7-11)16(19)13-2-4-15-12(8-13)5-6-20-15/h2,4,8,11,14,16,19H,1,3,5-7,9-10,18H2. The van der Waals surface area contributed by atoms with Gasteiger partial charge in [0.2, 0.25) is 0 Å². The van der Waals surface area contributed by atoms with Crippen molar-refractivity contribution in [2.24, 2.45) is 23.0 Å². The van der Waals surface area contributed by atoms with Gasteiger partial charge < -0.3 is 15.6 Å². The van der Waals surface area contributed by atoms with Gasteiger partial charge in [-0.05, 0) is 54.4 Å². The molecule has 2 bridgehead atoms. The zero-order valence-electron chi connectivity index (χ0n) is 11.8. The van der Waals surface area contributed by atoms with E-state index in [1.54, 1.807) is 0 Å². The highest BCUT2D eigenvalue weighted by Crippen LogP contribution is 2.60. The van der Waals surface area contributed by atoms with E-state index in [2.05, 4.69) is 6.07 Å². The Kier molecular flexibility index (Phi) is 2.83. The highest BCUT2D eigenvalue weighted by Gasteiger charge is 2.54. The molecule has 4 atom stereocenters. The summed E-state index contributed by atoms with van der Waals surface area (Å²) in [6.45, 7) is 1.37. The molecule has 20 heavy (non-hydrogen) atoms. The Balaban J connectivity index is 1.67. The number of benzene rings is 1. The summed E-state index contributed by atoms with van der Waals surface area (Å²) in [5, 5.41) is 11.0. The maximum Gasteiger partial charge on any atom is 0.122 e. The van der Waals surface area contributed by atoms with Crippen LogP contribution in [0.3, 0.4) is 0 Å². The Labute approximate surface area is 120 Å². The van der Waals surface area contributed by atoms with Crippen molar-refractivity contribution in [3.63, 3.8) is 0 Å². The molecule has 2 fully saturated rings. The summed E-state index contributed by atoms with van der Waals surface area (Å²) < 4.78 is 5.55. The first-order valence-corrected chi connectivity index (χ1v) is 7.87. The van der Waals surface area contributed by atoms with E-state index in [9.17, 15) is 5.11 Å². The van der Waals surface area contributed by atoms with Crippen LogP contribution >= 0.6 is 0 Å². The molecule has 3 aliphatic rings. The van der Waals surface area contributed by atoms with Gasteiger partial charge in [0.15, 0.2) is 0 Å². The predicted molar refractivity (Wildman–Crippen MR) is 77.5 cm³/mol. The van der Waals surface area contributed by atoms with Crippen LogP contribution in [0.15, 0.2) is 18.2 Å². The van der Waals surface area contributed by atoms with Gasteiger partial charge in [0.1, 0.15) is 5.75 Å². The average Bonchev–Trinajstić information content (AvgIpc) is 3.20. The molecule has 3 nitrogen and oxygen atoms in total. The molecule has 1 aromatic rings. The molecule has 1 aromatic carbocycles. The minimum absolute atomic E-state index is 0.0867. The first-order valence-electron chi connectivity index (χ1n) is 7.87. The number of hydrogen-bond acceptors (Lipinski definition) is 3. The largest absolute Gasteiger partial charge is 0.493 e. The lowest BCUT2D eigenvalue weighted by Crippen LogP contribution is -2.41. The third-order valence-corrected chi connectivity index (χ3v) is 5.98. The van der Waals surface area contributed by atoms with Gasteiger partial charge in [-0.2, -0.15) is 0 Å². The van der Waals surface area contributed by atoms with Gasteiger partial charge in [-0.3, -0.25) is 0 Å². The van der Waals surface area contributed by atoms with Gasteiger partial charge >= 0.3 is 0 Å². The zero-order chi connectivity index (χ0) is 13.7. The van der Waals surface area contributed by atoms with Crippen molar-refractivity contribution in [3.05, 3.63) is 29.3 Å². The van der Waals surface area contributed by atoms with Gasteiger partial charge in [0.05, 0.1) is 12.7 Å². The molecule has 4 rings (SSSR count). The summed E-state index contributed by atoms with van der Waals surface area (Å²) in [6.07, 6.45) is 5.47. The van der Waals surface area contributed by atoms with E-state index in [4.69, 9.17) is 10.5 Å². The van der Waals surface area contributed by atoms with Gasteiger partial charge in [0, 0.05) is 18.4 Å². The Morgan fingerprint density at radius 3 is 3.00 bits per heavy atom. The normalized spacial score (nSPS) is 35.9. The number of hydrogen-bond donors (Lipinski definition) is 2. The van der Waals surface area contributed by atoms with Crippen LogP contribution in [0.1, 0.15) is 42.9 Å². The van der Waals surface area contributed by atoms with Gasteiger partial charge in [0.25, 0.3) is 0 Å². The lowest BCUT2D eigenvalue weighted by molar-refractivity contribution is -0.0130. The Hall–Kier alpha value is -1.06. The summed E-state index contributed by atoms with van der Waals surface area (Å²) in [6, 6.07) is 6.17. The number of fused-ring (bicyclic) bond motifs is 3. The lowest BCUT2D eigenvalue weighted by atomic mass is 9.67. The Morgan fingerprint density at radius 2 is 2.30 bits per heavy atom. The zero-order valence-corrected chi connectivity index (χ0v) is 11.8. The van der Waals surface area contributed by atoms with Crippen LogP contribution in [-0.2, 0) is 6.42 Å². The van der Waals surface area contributed by atoms with Crippen LogP contribution in [0.2, 0.25) is 0 Å². The van der Waals surface area contributed by atoms with Crippen molar-refractivity contribution in [1.29, 1.82) is 0 Å². The molecule has 0 spiro atoms. The fourth-order valence-corrected chi connectivity index (χ4v) is 4.89. The number of rotatable bonds is 3. The number of ether oxygens (including phenoxy) is 1. The maximum atomic E-state index is 11.0.